The third-order valence-electron chi connectivity index (χ3n) is 5.10. The second-order valence-electron chi connectivity index (χ2n) is 7.40. The fourth-order valence-electron chi connectivity index (χ4n) is 3.43. The Hall–Kier alpha value is -2.25. The maximum Gasteiger partial charge on any atom is 0.236 e. The zero-order chi connectivity index (χ0) is 21.5. The molecule has 3 rings (SSSR count). The number of nitrogens with zero attached hydrogens (tertiary/aromatic N) is 1. The molecule has 162 valence electrons. The SMILES string of the molecule is C1CCCCC1.CNCc1ccc(C(=N)N)cc1.NCC(=O)N1CCCC1C=O. The molecule has 1 saturated carbocycles. The van der Waals surface area contributed by atoms with Crippen molar-refractivity contribution in [3.05, 3.63) is 35.4 Å². The van der Waals surface area contributed by atoms with Crippen molar-refractivity contribution in [1.29, 1.82) is 5.41 Å². The highest BCUT2D eigenvalue weighted by Crippen LogP contribution is 2.15. The van der Waals surface area contributed by atoms with Crippen LogP contribution in [0.3, 0.4) is 0 Å². The number of likely N-dealkylation sites (tertiary alicyclic amines) is 1. The van der Waals surface area contributed by atoms with Crippen LogP contribution in [0.15, 0.2) is 24.3 Å². The molecule has 0 spiro atoms. The highest BCUT2D eigenvalue weighted by atomic mass is 16.2. The standard InChI is InChI=1S/C9H13N3.C7H12N2O2.C6H12/c1-12-6-7-2-4-8(5-3-7)9(10)11;8-4-7(11)9-3-1-2-6(9)5-10;1-2-4-6-5-3-1/h2-5,12H,6H2,1H3,(H3,10,11);5-6H,1-4,8H2;1-6H2. The molecule has 1 atom stereocenters. The van der Waals surface area contributed by atoms with Crippen molar-refractivity contribution < 1.29 is 9.59 Å². The summed E-state index contributed by atoms with van der Waals surface area (Å²) < 4.78 is 0. The Morgan fingerprint density at radius 2 is 1.69 bits per heavy atom. The fraction of sp³-hybridized carbons (Fsp3) is 0.591. The summed E-state index contributed by atoms with van der Waals surface area (Å²) in [5, 5.41) is 10.2. The predicted octanol–water partition coefficient (Wildman–Crippen LogP) is 2.17. The predicted molar refractivity (Wildman–Crippen MR) is 118 cm³/mol. The van der Waals surface area contributed by atoms with Crippen molar-refractivity contribution in [2.24, 2.45) is 11.5 Å². The summed E-state index contributed by atoms with van der Waals surface area (Å²) in [6.07, 6.45) is 11.5. The molecule has 2 fully saturated rings. The Labute approximate surface area is 174 Å². The van der Waals surface area contributed by atoms with Gasteiger partial charge in [0.05, 0.1) is 12.6 Å². The molecular weight excluding hydrogens is 366 g/mol. The number of aldehydes is 1. The van der Waals surface area contributed by atoms with E-state index in [9.17, 15) is 9.59 Å². The second-order valence-corrected chi connectivity index (χ2v) is 7.40. The smallest absolute Gasteiger partial charge is 0.236 e. The van der Waals surface area contributed by atoms with Crippen LogP contribution in [0.1, 0.15) is 62.5 Å². The van der Waals surface area contributed by atoms with E-state index in [-0.39, 0.29) is 24.3 Å². The minimum Gasteiger partial charge on any atom is -0.384 e. The number of nitrogens with one attached hydrogen (secondary N) is 2. The molecule has 1 aromatic carbocycles. The van der Waals surface area contributed by atoms with E-state index in [1.807, 2.05) is 31.3 Å². The molecule has 0 radical (unpaired) electrons. The first-order chi connectivity index (χ1) is 14.0. The van der Waals surface area contributed by atoms with Gasteiger partial charge < -0.3 is 26.5 Å². The number of nitrogen functional groups attached to an aromatic ring is 1. The minimum absolute atomic E-state index is 0.00431. The van der Waals surface area contributed by atoms with Crippen molar-refractivity contribution in [1.82, 2.24) is 10.2 Å². The number of amidine groups is 1. The Balaban J connectivity index is 0.000000229. The van der Waals surface area contributed by atoms with Crippen molar-refractivity contribution in [3.8, 4) is 0 Å². The lowest BCUT2D eigenvalue weighted by Gasteiger charge is -2.18. The normalized spacial score (nSPS) is 18.0. The number of hydrogen-bond donors (Lipinski definition) is 4. The first-order valence-electron chi connectivity index (χ1n) is 10.6. The van der Waals surface area contributed by atoms with E-state index in [0.717, 1.165) is 31.2 Å². The van der Waals surface area contributed by atoms with Crippen molar-refractivity contribution in [2.75, 3.05) is 20.1 Å². The zero-order valence-electron chi connectivity index (χ0n) is 17.7. The minimum atomic E-state index is -0.217. The van der Waals surface area contributed by atoms with Gasteiger partial charge in [-0.05, 0) is 25.5 Å². The van der Waals surface area contributed by atoms with Gasteiger partial charge in [0.15, 0.2) is 0 Å². The monoisotopic (exact) mass is 403 g/mol. The molecule has 1 aliphatic heterocycles. The average molecular weight is 404 g/mol. The Morgan fingerprint density at radius 3 is 2.10 bits per heavy atom. The number of benzene rings is 1. The zero-order valence-corrected chi connectivity index (χ0v) is 17.7. The molecule has 7 heteroatoms. The molecule has 7 nitrogen and oxygen atoms in total. The van der Waals surface area contributed by atoms with Gasteiger partial charge in [-0.2, -0.15) is 0 Å². The van der Waals surface area contributed by atoms with Crippen LogP contribution in [-0.4, -0.2) is 49.1 Å². The molecule has 1 saturated heterocycles. The van der Waals surface area contributed by atoms with E-state index in [2.05, 4.69) is 5.32 Å². The molecule has 0 bridgehead atoms. The van der Waals surface area contributed by atoms with Gasteiger partial charge in [0, 0.05) is 18.7 Å². The molecule has 0 aromatic heterocycles. The van der Waals surface area contributed by atoms with Crippen molar-refractivity contribution >= 4 is 18.0 Å². The molecule has 1 heterocycles. The number of carbonyl (C=O) groups excluding carboxylic acids is 2. The van der Waals surface area contributed by atoms with Crippen LogP contribution in [0.2, 0.25) is 0 Å². The van der Waals surface area contributed by atoms with Gasteiger partial charge in [0.1, 0.15) is 12.1 Å². The van der Waals surface area contributed by atoms with Crippen LogP contribution < -0.4 is 16.8 Å². The van der Waals surface area contributed by atoms with Crippen LogP contribution in [0.25, 0.3) is 0 Å². The van der Waals surface area contributed by atoms with Gasteiger partial charge in [-0.25, -0.2) is 0 Å². The van der Waals surface area contributed by atoms with E-state index in [0.29, 0.717) is 6.54 Å². The Kier molecular flexibility index (Phi) is 12.6. The van der Waals surface area contributed by atoms with E-state index in [1.165, 1.54) is 44.1 Å². The topological polar surface area (TPSA) is 125 Å². The molecule has 1 aliphatic carbocycles. The largest absolute Gasteiger partial charge is 0.384 e. The van der Waals surface area contributed by atoms with E-state index in [4.69, 9.17) is 16.9 Å². The number of amides is 1. The van der Waals surface area contributed by atoms with E-state index >= 15 is 0 Å². The van der Waals surface area contributed by atoms with Crippen LogP contribution in [-0.2, 0) is 16.1 Å². The lowest BCUT2D eigenvalue weighted by Crippen LogP contribution is -2.40. The second kappa shape index (κ2) is 14.7. The maximum atomic E-state index is 11.0. The van der Waals surface area contributed by atoms with Gasteiger partial charge in [-0.1, -0.05) is 62.8 Å². The molecule has 2 aliphatic rings. The Bertz CT molecular complexity index is 603. The van der Waals surface area contributed by atoms with Gasteiger partial charge in [0.2, 0.25) is 5.91 Å². The average Bonchev–Trinajstić information content (AvgIpc) is 3.25. The summed E-state index contributed by atoms with van der Waals surface area (Å²) in [5.41, 5.74) is 12.4. The highest BCUT2D eigenvalue weighted by Gasteiger charge is 2.26. The van der Waals surface area contributed by atoms with Crippen LogP contribution >= 0.6 is 0 Å². The summed E-state index contributed by atoms with van der Waals surface area (Å²) in [6.45, 7) is 1.53. The van der Waals surface area contributed by atoms with Gasteiger partial charge in [-0.15, -0.1) is 0 Å². The lowest BCUT2D eigenvalue weighted by atomic mass is 10.0. The van der Waals surface area contributed by atoms with Crippen molar-refractivity contribution in [3.63, 3.8) is 0 Å². The van der Waals surface area contributed by atoms with Crippen LogP contribution in [0, 0.1) is 5.41 Å². The molecule has 1 amide bonds. The van der Waals surface area contributed by atoms with E-state index in [1.54, 1.807) is 4.90 Å². The summed E-state index contributed by atoms with van der Waals surface area (Å²) in [4.78, 5) is 23.0. The van der Waals surface area contributed by atoms with Crippen molar-refractivity contribution in [2.45, 2.75) is 64.0 Å². The quantitative estimate of drug-likeness (QED) is 0.341. The molecular formula is C22H37N5O2. The number of carbonyl (C=O) groups is 2. The molecule has 6 N–H and O–H groups in total. The van der Waals surface area contributed by atoms with Crippen LogP contribution in [0.5, 0.6) is 0 Å². The van der Waals surface area contributed by atoms with E-state index < -0.39 is 0 Å². The van der Waals surface area contributed by atoms with Crippen LogP contribution in [0.4, 0.5) is 0 Å². The number of rotatable bonds is 5. The van der Waals surface area contributed by atoms with Gasteiger partial charge in [0.25, 0.3) is 0 Å². The summed E-state index contributed by atoms with van der Waals surface area (Å²) in [5.74, 6) is -0.00870. The number of hydrogen-bond acceptors (Lipinski definition) is 5. The summed E-state index contributed by atoms with van der Waals surface area (Å²) in [7, 11) is 1.90. The highest BCUT2D eigenvalue weighted by molar-refractivity contribution is 5.94. The summed E-state index contributed by atoms with van der Waals surface area (Å²) >= 11 is 0. The summed E-state index contributed by atoms with van der Waals surface area (Å²) in [6, 6.07) is 7.43. The van der Waals surface area contributed by atoms with Gasteiger partial charge >= 0.3 is 0 Å². The molecule has 1 unspecified atom stereocenters. The van der Waals surface area contributed by atoms with Gasteiger partial charge in [-0.3, -0.25) is 10.2 Å². The fourth-order valence-corrected chi connectivity index (χ4v) is 3.43. The molecule has 1 aromatic rings. The lowest BCUT2D eigenvalue weighted by molar-refractivity contribution is -0.133. The Morgan fingerprint density at radius 1 is 1.14 bits per heavy atom. The number of nitrogens with two attached hydrogens (primary N) is 2. The first-order valence-corrected chi connectivity index (χ1v) is 10.6. The maximum absolute atomic E-state index is 11.0. The third-order valence-corrected chi connectivity index (χ3v) is 5.10. The third kappa shape index (κ3) is 9.67. The first kappa shape index (κ1) is 24.8. The molecule has 29 heavy (non-hydrogen) atoms.